The van der Waals surface area contributed by atoms with Crippen LogP contribution in [0.2, 0.25) is 0 Å². The van der Waals surface area contributed by atoms with Gasteiger partial charge in [0, 0.05) is 30.9 Å². The molecule has 1 fully saturated rings. The number of nitrogens with one attached hydrogen (secondary N) is 1. The van der Waals surface area contributed by atoms with E-state index in [9.17, 15) is 0 Å². The van der Waals surface area contributed by atoms with Crippen LogP contribution in [0.4, 0.5) is 0 Å². The summed E-state index contributed by atoms with van der Waals surface area (Å²) in [5, 5.41) is 8.11. The predicted octanol–water partition coefficient (Wildman–Crippen LogP) is 1.16. The fourth-order valence-electron chi connectivity index (χ4n) is 2.18. The maximum Gasteiger partial charge on any atom is 0.0673 e. The molecule has 0 amide bonds. The predicted molar refractivity (Wildman–Crippen MR) is 50.4 cm³/mol. The molecule has 1 aromatic heterocycles. The van der Waals surface area contributed by atoms with E-state index in [0.717, 1.165) is 12.5 Å². The molecule has 0 aliphatic heterocycles. The largest absolute Gasteiger partial charge is 0.307 e. The molecular weight excluding hydrogens is 162 g/mol. The third kappa shape index (κ3) is 1.27. The van der Waals surface area contributed by atoms with Crippen LogP contribution in [0.15, 0.2) is 6.20 Å². The van der Waals surface area contributed by atoms with Gasteiger partial charge in [0.05, 0.1) is 5.69 Å². The second kappa shape index (κ2) is 2.58. The van der Waals surface area contributed by atoms with Crippen molar-refractivity contribution in [2.75, 3.05) is 0 Å². The van der Waals surface area contributed by atoms with Gasteiger partial charge in [-0.05, 0) is 25.7 Å². The first-order valence-corrected chi connectivity index (χ1v) is 5.11. The third-order valence-corrected chi connectivity index (χ3v) is 3.00. The zero-order valence-corrected chi connectivity index (χ0v) is 7.95. The normalized spacial score (nSPS) is 26.4. The maximum atomic E-state index is 4.45. The van der Waals surface area contributed by atoms with E-state index < -0.39 is 0 Å². The molecule has 1 aromatic rings. The molecule has 1 unspecified atom stereocenters. The van der Waals surface area contributed by atoms with Crippen molar-refractivity contribution in [2.45, 2.75) is 37.8 Å². The monoisotopic (exact) mass is 177 g/mol. The lowest BCUT2D eigenvalue weighted by Crippen LogP contribution is -2.21. The highest BCUT2D eigenvalue weighted by Gasteiger charge is 2.30. The van der Waals surface area contributed by atoms with E-state index >= 15 is 0 Å². The van der Waals surface area contributed by atoms with Crippen molar-refractivity contribution in [3.8, 4) is 0 Å². The molecule has 1 saturated carbocycles. The van der Waals surface area contributed by atoms with Crippen LogP contribution in [0.5, 0.6) is 0 Å². The molecule has 0 saturated heterocycles. The van der Waals surface area contributed by atoms with Crippen LogP contribution in [0.1, 0.15) is 36.6 Å². The zero-order chi connectivity index (χ0) is 8.84. The zero-order valence-electron chi connectivity index (χ0n) is 7.95. The van der Waals surface area contributed by atoms with E-state index in [4.69, 9.17) is 0 Å². The summed E-state index contributed by atoms with van der Waals surface area (Å²) >= 11 is 0. The number of rotatable bonds is 2. The Hall–Kier alpha value is -0.830. The number of nitrogens with zero attached hydrogens (tertiary/aromatic N) is 2. The van der Waals surface area contributed by atoms with Crippen molar-refractivity contribution < 1.29 is 0 Å². The molecule has 0 spiro atoms. The van der Waals surface area contributed by atoms with Crippen LogP contribution >= 0.6 is 0 Å². The molecule has 0 aromatic carbocycles. The molecule has 2 aliphatic rings. The first-order valence-electron chi connectivity index (χ1n) is 5.11. The Morgan fingerprint density at radius 3 is 3.08 bits per heavy atom. The summed E-state index contributed by atoms with van der Waals surface area (Å²) in [4.78, 5) is 0. The van der Waals surface area contributed by atoms with Crippen molar-refractivity contribution in [2.24, 2.45) is 7.05 Å². The summed E-state index contributed by atoms with van der Waals surface area (Å²) in [7, 11) is 2.01. The highest BCUT2D eigenvalue weighted by Crippen LogP contribution is 2.33. The number of aromatic nitrogens is 2. The fraction of sp³-hybridized carbons (Fsp3) is 0.700. The Morgan fingerprint density at radius 2 is 2.31 bits per heavy atom. The van der Waals surface area contributed by atoms with Gasteiger partial charge in [0.2, 0.25) is 0 Å². The van der Waals surface area contributed by atoms with Gasteiger partial charge in [-0.1, -0.05) is 0 Å². The van der Waals surface area contributed by atoms with Crippen molar-refractivity contribution in [3.63, 3.8) is 0 Å². The first-order chi connectivity index (χ1) is 6.33. The molecule has 2 aliphatic carbocycles. The van der Waals surface area contributed by atoms with E-state index in [-0.39, 0.29) is 0 Å². The van der Waals surface area contributed by atoms with Gasteiger partial charge in [-0.3, -0.25) is 4.68 Å². The Balaban J connectivity index is 1.83. The molecular formula is C10H15N3. The molecule has 3 rings (SSSR count). The van der Waals surface area contributed by atoms with Crippen LogP contribution < -0.4 is 5.32 Å². The highest BCUT2D eigenvalue weighted by atomic mass is 15.3. The average molecular weight is 177 g/mol. The van der Waals surface area contributed by atoms with Gasteiger partial charge in [0.25, 0.3) is 0 Å². The SMILES string of the molecule is Cn1cc2c(n1)CCC2NC1CC1. The van der Waals surface area contributed by atoms with Crippen LogP contribution in [0.25, 0.3) is 0 Å². The van der Waals surface area contributed by atoms with Gasteiger partial charge < -0.3 is 5.32 Å². The van der Waals surface area contributed by atoms with E-state index in [1.807, 2.05) is 11.7 Å². The van der Waals surface area contributed by atoms with Gasteiger partial charge in [-0.25, -0.2) is 0 Å². The lowest BCUT2D eigenvalue weighted by Gasteiger charge is -2.10. The van der Waals surface area contributed by atoms with Crippen molar-refractivity contribution in [3.05, 3.63) is 17.5 Å². The standard InChI is InChI=1S/C10H15N3/c1-13-6-8-9(11-7-2-3-7)4-5-10(8)12-13/h6-7,9,11H,2-5H2,1H3. The minimum atomic E-state index is 0.594. The van der Waals surface area contributed by atoms with Gasteiger partial charge in [0.1, 0.15) is 0 Å². The van der Waals surface area contributed by atoms with Crippen LogP contribution in [-0.2, 0) is 13.5 Å². The summed E-state index contributed by atoms with van der Waals surface area (Å²) in [6, 6.07) is 1.40. The number of hydrogen-bond donors (Lipinski definition) is 1. The van der Waals surface area contributed by atoms with Crippen molar-refractivity contribution >= 4 is 0 Å². The lowest BCUT2D eigenvalue weighted by molar-refractivity contribution is 0.522. The quantitative estimate of drug-likeness (QED) is 0.734. The minimum absolute atomic E-state index is 0.594. The highest BCUT2D eigenvalue weighted by molar-refractivity contribution is 5.27. The van der Waals surface area contributed by atoms with Gasteiger partial charge >= 0.3 is 0 Å². The summed E-state index contributed by atoms with van der Waals surface area (Å²) < 4.78 is 1.94. The maximum absolute atomic E-state index is 4.45. The van der Waals surface area contributed by atoms with Crippen LogP contribution in [0, 0.1) is 0 Å². The smallest absolute Gasteiger partial charge is 0.0673 e. The molecule has 0 radical (unpaired) electrons. The Labute approximate surface area is 78.1 Å². The third-order valence-electron chi connectivity index (χ3n) is 3.00. The van der Waals surface area contributed by atoms with Crippen LogP contribution in [-0.4, -0.2) is 15.8 Å². The summed E-state index contributed by atoms with van der Waals surface area (Å²) in [6.45, 7) is 0. The second-order valence-electron chi connectivity index (χ2n) is 4.24. The van der Waals surface area contributed by atoms with E-state index in [0.29, 0.717) is 6.04 Å². The second-order valence-corrected chi connectivity index (χ2v) is 4.24. The Bertz CT molecular complexity index is 325. The van der Waals surface area contributed by atoms with Crippen LogP contribution in [0.3, 0.4) is 0 Å². The fourth-order valence-corrected chi connectivity index (χ4v) is 2.18. The molecule has 1 atom stereocenters. The van der Waals surface area contributed by atoms with Gasteiger partial charge in [-0.2, -0.15) is 5.10 Å². The molecule has 1 N–H and O–H groups in total. The molecule has 1 heterocycles. The number of fused-ring (bicyclic) bond motifs is 1. The van der Waals surface area contributed by atoms with Gasteiger partial charge in [0.15, 0.2) is 0 Å². The molecule has 3 nitrogen and oxygen atoms in total. The molecule has 70 valence electrons. The summed E-state index contributed by atoms with van der Waals surface area (Å²) in [5.74, 6) is 0. The van der Waals surface area contributed by atoms with E-state index in [2.05, 4.69) is 16.6 Å². The van der Waals surface area contributed by atoms with Gasteiger partial charge in [-0.15, -0.1) is 0 Å². The number of aryl methyl sites for hydroxylation is 2. The van der Waals surface area contributed by atoms with E-state index in [1.54, 1.807) is 0 Å². The Morgan fingerprint density at radius 1 is 1.46 bits per heavy atom. The molecule has 0 bridgehead atoms. The topological polar surface area (TPSA) is 29.9 Å². The lowest BCUT2D eigenvalue weighted by atomic mass is 10.2. The number of hydrogen-bond acceptors (Lipinski definition) is 2. The molecule has 13 heavy (non-hydrogen) atoms. The van der Waals surface area contributed by atoms with Crippen molar-refractivity contribution in [1.29, 1.82) is 0 Å². The van der Waals surface area contributed by atoms with Crippen molar-refractivity contribution in [1.82, 2.24) is 15.1 Å². The average Bonchev–Trinajstić information content (AvgIpc) is 2.73. The Kier molecular flexibility index (Phi) is 1.50. The summed E-state index contributed by atoms with van der Waals surface area (Å²) in [6.07, 6.45) is 7.30. The molecule has 3 heteroatoms. The summed E-state index contributed by atoms with van der Waals surface area (Å²) in [5.41, 5.74) is 2.75. The van der Waals surface area contributed by atoms with E-state index in [1.165, 1.54) is 30.5 Å². The first kappa shape index (κ1) is 7.56. The minimum Gasteiger partial charge on any atom is -0.307 e.